The van der Waals surface area contributed by atoms with Gasteiger partial charge in [-0.3, -0.25) is 4.90 Å². The van der Waals surface area contributed by atoms with E-state index in [1.165, 1.54) is 17.6 Å². The van der Waals surface area contributed by atoms with Gasteiger partial charge in [0.25, 0.3) is 0 Å². The van der Waals surface area contributed by atoms with Crippen LogP contribution < -0.4 is 0 Å². The van der Waals surface area contributed by atoms with E-state index in [9.17, 15) is 13.2 Å². The van der Waals surface area contributed by atoms with E-state index in [2.05, 4.69) is 19.9 Å². The first-order valence-corrected chi connectivity index (χ1v) is 10.6. The topological polar surface area (TPSA) is 97.6 Å². The molecule has 2 heterocycles. The van der Waals surface area contributed by atoms with E-state index in [-0.39, 0.29) is 5.69 Å². The molecular formula is C19H21N5O4S. The fraction of sp³-hybridized carbons (Fsp3) is 0.316. The lowest BCUT2D eigenvalue weighted by molar-refractivity contribution is 0.0593. The number of carbonyl (C=O) groups is 1. The van der Waals surface area contributed by atoms with Crippen LogP contribution in [-0.2, 0) is 21.4 Å². The van der Waals surface area contributed by atoms with Crippen molar-refractivity contribution < 1.29 is 17.9 Å². The highest BCUT2D eigenvalue weighted by molar-refractivity contribution is 7.89. The molecular weight excluding hydrogens is 394 g/mol. The molecule has 152 valence electrons. The first-order valence-electron chi connectivity index (χ1n) is 9.17. The summed E-state index contributed by atoms with van der Waals surface area (Å²) in [6.45, 7) is 2.30. The van der Waals surface area contributed by atoms with E-state index < -0.39 is 16.0 Å². The maximum absolute atomic E-state index is 13.0. The molecule has 1 aromatic heterocycles. The van der Waals surface area contributed by atoms with Crippen LogP contribution in [0.15, 0.2) is 53.6 Å². The Bertz CT molecular complexity index is 1140. The molecule has 0 saturated carbocycles. The lowest BCUT2D eigenvalue weighted by Gasteiger charge is -2.33. The summed E-state index contributed by atoms with van der Waals surface area (Å²) in [7, 11) is -2.26. The van der Waals surface area contributed by atoms with E-state index in [4.69, 9.17) is 0 Å². The molecule has 1 aliphatic rings. The molecule has 1 aliphatic heterocycles. The van der Waals surface area contributed by atoms with Crippen molar-refractivity contribution in [3.63, 3.8) is 0 Å². The third-order valence-electron chi connectivity index (χ3n) is 4.97. The van der Waals surface area contributed by atoms with Gasteiger partial charge in [-0.1, -0.05) is 35.5 Å². The molecule has 1 saturated heterocycles. The van der Waals surface area contributed by atoms with Crippen LogP contribution in [0.5, 0.6) is 0 Å². The predicted octanol–water partition coefficient (Wildman–Crippen LogP) is 1.18. The van der Waals surface area contributed by atoms with E-state index in [0.717, 1.165) is 10.8 Å². The maximum atomic E-state index is 13.0. The van der Waals surface area contributed by atoms with Crippen LogP contribution in [0.1, 0.15) is 10.5 Å². The highest BCUT2D eigenvalue weighted by Crippen LogP contribution is 2.23. The van der Waals surface area contributed by atoms with Crippen LogP contribution in [0.2, 0.25) is 0 Å². The van der Waals surface area contributed by atoms with Gasteiger partial charge in [0.05, 0.1) is 24.9 Å². The molecule has 0 radical (unpaired) electrons. The second-order valence-corrected chi connectivity index (χ2v) is 8.75. The van der Waals surface area contributed by atoms with Crippen LogP contribution >= 0.6 is 0 Å². The van der Waals surface area contributed by atoms with E-state index in [1.807, 2.05) is 30.3 Å². The number of benzene rings is 2. The van der Waals surface area contributed by atoms with Gasteiger partial charge < -0.3 is 4.74 Å². The normalized spacial score (nSPS) is 16.2. The van der Waals surface area contributed by atoms with Crippen molar-refractivity contribution in [1.82, 2.24) is 24.2 Å². The lowest BCUT2D eigenvalue weighted by atomic mass is 10.1. The highest BCUT2D eigenvalue weighted by Gasteiger charge is 2.28. The second kappa shape index (κ2) is 7.90. The van der Waals surface area contributed by atoms with Crippen molar-refractivity contribution in [3.05, 3.63) is 54.4 Å². The Labute approximate surface area is 168 Å². The minimum atomic E-state index is -3.55. The monoisotopic (exact) mass is 415 g/mol. The Morgan fingerprint density at radius 2 is 1.79 bits per heavy atom. The van der Waals surface area contributed by atoms with Crippen molar-refractivity contribution in [2.75, 3.05) is 33.3 Å². The van der Waals surface area contributed by atoms with Gasteiger partial charge in [-0.15, -0.1) is 5.10 Å². The fourth-order valence-electron chi connectivity index (χ4n) is 3.36. The largest absolute Gasteiger partial charge is 0.464 e. The number of ether oxygens (including phenoxy) is 1. The first kappa shape index (κ1) is 19.5. The average molecular weight is 415 g/mol. The standard InChI is InChI=1S/C19H21N5O4S/c1-28-19(25)18-13-23(21-20-18)14-22-8-10-24(11-9-22)29(26,27)17-7-6-15-4-2-3-5-16(15)12-17/h2-7,12-13H,8-11,14H2,1H3. The molecule has 0 amide bonds. The van der Waals surface area contributed by atoms with Gasteiger partial charge in [0, 0.05) is 26.2 Å². The summed E-state index contributed by atoms with van der Waals surface area (Å²) in [5, 5.41) is 9.60. The molecule has 0 aliphatic carbocycles. The number of piperazine rings is 1. The summed E-state index contributed by atoms with van der Waals surface area (Å²) in [5.41, 5.74) is 0.144. The molecule has 0 N–H and O–H groups in total. The quantitative estimate of drug-likeness (QED) is 0.577. The van der Waals surface area contributed by atoms with Gasteiger partial charge in [-0.25, -0.2) is 17.9 Å². The highest BCUT2D eigenvalue weighted by atomic mass is 32.2. The summed E-state index contributed by atoms with van der Waals surface area (Å²) in [4.78, 5) is 13.8. The third-order valence-corrected chi connectivity index (χ3v) is 6.86. The third kappa shape index (κ3) is 4.00. The van der Waals surface area contributed by atoms with Crippen molar-refractivity contribution >= 4 is 26.8 Å². The van der Waals surface area contributed by atoms with Crippen LogP contribution in [0.25, 0.3) is 10.8 Å². The van der Waals surface area contributed by atoms with Crippen molar-refractivity contribution in [1.29, 1.82) is 0 Å². The minimum absolute atomic E-state index is 0.144. The smallest absolute Gasteiger partial charge is 0.360 e. The van der Waals surface area contributed by atoms with Gasteiger partial charge in [-0.05, 0) is 22.9 Å². The molecule has 1 fully saturated rings. The van der Waals surface area contributed by atoms with E-state index in [1.54, 1.807) is 16.8 Å². The Hall–Kier alpha value is -2.82. The van der Waals surface area contributed by atoms with Crippen molar-refractivity contribution in [2.24, 2.45) is 0 Å². The molecule has 0 atom stereocenters. The minimum Gasteiger partial charge on any atom is -0.464 e. The van der Waals surface area contributed by atoms with Gasteiger partial charge >= 0.3 is 5.97 Å². The van der Waals surface area contributed by atoms with Gasteiger partial charge in [0.2, 0.25) is 10.0 Å². The average Bonchev–Trinajstić information content (AvgIpc) is 3.21. The zero-order valence-corrected chi connectivity index (χ0v) is 16.7. The number of fused-ring (bicyclic) bond motifs is 1. The molecule has 0 bridgehead atoms. The number of rotatable bonds is 5. The van der Waals surface area contributed by atoms with Crippen molar-refractivity contribution in [3.8, 4) is 0 Å². The summed E-state index contributed by atoms with van der Waals surface area (Å²) < 4.78 is 33.7. The first-order chi connectivity index (χ1) is 14.0. The zero-order valence-electron chi connectivity index (χ0n) is 15.9. The maximum Gasteiger partial charge on any atom is 0.360 e. The number of nitrogens with zero attached hydrogens (tertiary/aromatic N) is 5. The Morgan fingerprint density at radius 3 is 2.52 bits per heavy atom. The number of carbonyl (C=O) groups excluding carboxylic acids is 1. The van der Waals surface area contributed by atoms with Gasteiger partial charge in [0.1, 0.15) is 0 Å². The number of hydrogen-bond acceptors (Lipinski definition) is 7. The Balaban J connectivity index is 1.41. The zero-order chi connectivity index (χ0) is 20.4. The summed E-state index contributed by atoms with van der Waals surface area (Å²) >= 11 is 0. The Kier molecular flexibility index (Phi) is 5.31. The van der Waals surface area contributed by atoms with Gasteiger partial charge in [-0.2, -0.15) is 4.31 Å². The van der Waals surface area contributed by atoms with E-state index in [0.29, 0.717) is 37.7 Å². The SMILES string of the molecule is COC(=O)c1cn(CN2CCN(S(=O)(=O)c3ccc4ccccc4c3)CC2)nn1. The number of aromatic nitrogens is 3. The molecule has 0 spiro atoms. The summed E-state index contributed by atoms with van der Waals surface area (Å²) in [6, 6.07) is 12.9. The molecule has 9 nitrogen and oxygen atoms in total. The number of esters is 1. The predicted molar refractivity (Wildman–Crippen MR) is 106 cm³/mol. The van der Waals surface area contributed by atoms with Crippen molar-refractivity contribution in [2.45, 2.75) is 11.6 Å². The van der Waals surface area contributed by atoms with E-state index >= 15 is 0 Å². The number of sulfonamides is 1. The van der Waals surface area contributed by atoms with Crippen LogP contribution in [0, 0.1) is 0 Å². The fourth-order valence-corrected chi connectivity index (χ4v) is 4.82. The summed E-state index contributed by atoms with van der Waals surface area (Å²) in [5.74, 6) is -0.539. The number of methoxy groups -OCH3 is 1. The van der Waals surface area contributed by atoms with Crippen LogP contribution in [0.4, 0.5) is 0 Å². The molecule has 4 rings (SSSR count). The number of hydrogen-bond donors (Lipinski definition) is 0. The molecule has 2 aromatic carbocycles. The lowest BCUT2D eigenvalue weighted by Crippen LogP contribution is -2.48. The molecule has 3 aromatic rings. The molecule has 29 heavy (non-hydrogen) atoms. The Morgan fingerprint density at radius 1 is 1.07 bits per heavy atom. The summed E-state index contributed by atoms with van der Waals surface area (Å²) in [6.07, 6.45) is 1.52. The van der Waals surface area contributed by atoms with Gasteiger partial charge in [0.15, 0.2) is 5.69 Å². The van der Waals surface area contributed by atoms with Crippen LogP contribution in [-0.4, -0.2) is 71.9 Å². The molecule has 0 unspecified atom stereocenters. The van der Waals surface area contributed by atoms with Crippen LogP contribution in [0.3, 0.4) is 0 Å². The second-order valence-electron chi connectivity index (χ2n) is 6.81. The molecule has 10 heteroatoms.